The topological polar surface area (TPSA) is 65.1 Å². The molecule has 0 spiro atoms. The molecule has 7 heteroatoms. The Morgan fingerprint density at radius 1 is 1.55 bits per heavy atom. The average molecular weight is 319 g/mol. The van der Waals surface area contributed by atoms with Crippen LogP contribution in [-0.4, -0.2) is 51.5 Å². The number of likely N-dealkylation sites (tertiary alicyclic amines) is 1. The molecular weight excluding hydrogens is 298 g/mol. The van der Waals surface area contributed by atoms with E-state index in [1.807, 2.05) is 12.4 Å². The second kappa shape index (κ2) is 6.18. The third kappa shape index (κ3) is 2.78. The van der Waals surface area contributed by atoms with Crippen LogP contribution >= 0.6 is 11.3 Å². The van der Waals surface area contributed by atoms with Crippen LogP contribution in [-0.2, 0) is 6.54 Å². The molecule has 1 amide bonds. The van der Waals surface area contributed by atoms with E-state index in [2.05, 4.69) is 20.1 Å². The van der Waals surface area contributed by atoms with Gasteiger partial charge >= 0.3 is 0 Å². The van der Waals surface area contributed by atoms with Gasteiger partial charge in [0.05, 0.1) is 34.7 Å². The van der Waals surface area contributed by atoms with Crippen LogP contribution < -0.4 is 0 Å². The van der Waals surface area contributed by atoms with E-state index in [0.717, 1.165) is 37.3 Å². The summed E-state index contributed by atoms with van der Waals surface area (Å²) in [6, 6.07) is 0.225. The summed E-state index contributed by atoms with van der Waals surface area (Å²) in [5.74, 6) is 0.00423. The van der Waals surface area contributed by atoms with Gasteiger partial charge < -0.3 is 4.90 Å². The lowest BCUT2D eigenvalue weighted by Gasteiger charge is -2.24. The lowest BCUT2D eigenvalue weighted by atomic mass is 10.1. The third-order valence-corrected chi connectivity index (χ3v) is 5.11. The van der Waals surface area contributed by atoms with Crippen LogP contribution in [0.1, 0.15) is 45.5 Å². The fourth-order valence-electron chi connectivity index (χ4n) is 2.97. The minimum absolute atomic E-state index is 0.00423. The van der Waals surface area contributed by atoms with Gasteiger partial charge in [-0.15, -0.1) is 11.3 Å². The normalized spacial score (nSPS) is 18.8. The van der Waals surface area contributed by atoms with Gasteiger partial charge in [-0.2, -0.15) is 5.10 Å². The van der Waals surface area contributed by atoms with Crippen molar-refractivity contribution in [2.45, 2.75) is 32.4 Å². The number of aryl methyl sites for hydroxylation is 1. The fourth-order valence-corrected chi connectivity index (χ4v) is 3.77. The quantitative estimate of drug-likeness (QED) is 0.938. The first-order chi connectivity index (χ1) is 10.6. The molecule has 2 aromatic heterocycles. The van der Waals surface area contributed by atoms with Crippen molar-refractivity contribution in [3.05, 3.63) is 33.5 Å². The number of aromatic amines is 1. The number of thiazole rings is 1. The van der Waals surface area contributed by atoms with Crippen molar-refractivity contribution in [1.29, 1.82) is 0 Å². The monoisotopic (exact) mass is 319 g/mol. The highest BCUT2D eigenvalue weighted by molar-refractivity contribution is 7.09. The lowest BCUT2D eigenvalue weighted by Crippen LogP contribution is -2.27. The highest BCUT2D eigenvalue weighted by Gasteiger charge is 2.31. The molecule has 0 aliphatic carbocycles. The summed E-state index contributed by atoms with van der Waals surface area (Å²) < 4.78 is 0. The smallest absolute Gasteiger partial charge is 0.256 e. The molecule has 1 fully saturated rings. The van der Waals surface area contributed by atoms with Crippen LogP contribution in [0.4, 0.5) is 0 Å². The van der Waals surface area contributed by atoms with Crippen molar-refractivity contribution in [2.75, 3.05) is 20.6 Å². The summed E-state index contributed by atoms with van der Waals surface area (Å²) in [6.07, 6.45) is 3.83. The van der Waals surface area contributed by atoms with Gasteiger partial charge in [0, 0.05) is 25.5 Å². The minimum Gasteiger partial charge on any atom is -0.345 e. The predicted molar refractivity (Wildman–Crippen MR) is 85.8 cm³/mol. The average Bonchev–Trinajstić information content (AvgIpc) is 3.20. The van der Waals surface area contributed by atoms with Crippen molar-refractivity contribution < 1.29 is 4.79 Å². The number of carbonyl (C=O) groups is 1. The van der Waals surface area contributed by atoms with Crippen LogP contribution in [0.3, 0.4) is 0 Å². The molecule has 118 valence electrons. The number of carbonyl (C=O) groups excluding carboxylic acids is 1. The Morgan fingerprint density at radius 3 is 3.05 bits per heavy atom. The van der Waals surface area contributed by atoms with Gasteiger partial charge in [0.25, 0.3) is 5.91 Å². The standard InChI is InChI=1S/C15H21N5OS/c1-10-13(22-9-16-10)8-20-6-4-5-12(20)14-11(7-17-18-14)15(21)19(2)3/h7,9,12H,4-6,8H2,1-3H3,(H,17,18)/t12-/m1/s1. The minimum atomic E-state index is 0.00423. The van der Waals surface area contributed by atoms with Gasteiger partial charge in [0.1, 0.15) is 0 Å². The van der Waals surface area contributed by atoms with Crippen LogP contribution in [0.2, 0.25) is 0 Å². The molecule has 3 rings (SSSR count). The van der Waals surface area contributed by atoms with Gasteiger partial charge in [-0.05, 0) is 26.3 Å². The Labute approximate surface area is 134 Å². The van der Waals surface area contributed by atoms with Crippen molar-refractivity contribution in [3.8, 4) is 0 Å². The number of nitrogens with one attached hydrogen (secondary N) is 1. The first kappa shape index (κ1) is 15.2. The highest BCUT2D eigenvalue weighted by Crippen LogP contribution is 2.34. The summed E-state index contributed by atoms with van der Waals surface area (Å²) in [5.41, 5.74) is 4.62. The number of hydrogen-bond acceptors (Lipinski definition) is 5. The predicted octanol–water partition coefficient (Wildman–Crippen LogP) is 2.21. The maximum absolute atomic E-state index is 12.3. The van der Waals surface area contributed by atoms with E-state index in [9.17, 15) is 4.79 Å². The first-order valence-corrected chi connectivity index (χ1v) is 8.34. The molecule has 3 heterocycles. The molecule has 2 aromatic rings. The molecule has 1 aliphatic heterocycles. The van der Waals surface area contributed by atoms with E-state index in [1.165, 1.54) is 4.88 Å². The molecule has 1 aliphatic rings. The van der Waals surface area contributed by atoms with Crippen molar-refractivity contribution in [1.82, 2.24) is 25.0 Å². The van der Waals surface area contributed by atoms with E-state index in [1.54, 1.807) is 36.5 Å². The maximum Gasteiger partial charge on any atom is 0.256 e. The maximum atomic E-state index is 12.3. The second-order valence-electron chi connectivity index (χ2n) is 5.89. The van der Waals surface area contributed by atoms with E-state index in [-0.39, 0.29) is 11.9 Å². The molecule has 0 aromatic carbocycles. The van der Waals surface area contributed by atoms with Gasteiger partial charge in [0.15, 0.2) is 0 Å². The number of nitrogens with zero attached hydrogens (tertiary/aromatic N) is 4. The number of hydrogen-bond donors (Lipinski definition) is 1. The number of aromatic nitrogens is 3. The molecule has 0 saturated carbocycles. The van der Waals surface area contributed by atoms with Crippen LogP contribution in [0.15, 0.2) is 11.7 Å². The molecular formula is C15H21N5OS. The Bertz CT molecular complexity index is 662. The van der Waals surface area contributed by atoms with E-state index in [4.69, 9.17) is 0 Å². The zero-order valence-corrected chi connectivity index (χ0v) is 14.0. The van der Waals surface area contributed by atoms with E-state index < -0.39 is 0 Å². The molecule has 6 nitrogen and oxygen atoms in total. The van der Waals surface area contributed by atoms with E-state index >= 15 is 0 Å². The van der Waals surface area contributed by atoms with Crippen molar-refractivity contribution in [3.63, 3.8) is 0 Å². The highest BCUT2D eigenvalue weighted by atomic mass is 32.1. The Balaban J connectivity index is 1.83. The molecule has 22 heavy (non-hydrogen) atoms. The van der Waals surface area contributed by atoms with Crippen molar-refractivity contribution >= 4 is 17.2 Å². The van der Waals surface area contributed by atoms with Crippen molar-refractivity contribution in [2.24, 2.45) is 0 Å². The van der Waals surface area contributed by atoms with Gasteiger partial charge in [0.2, 0.25) is 0 Å². The Kier molecular flexibility index (Phi) is 4.26. The summed E-state index contributed by atoms with van der Waals surface area (Å²) in [5, 5.41) is 7.17. The van der Waals surface area contributed by atoms with Gasteiger partial charge in [-0.3, -0.25) is 14.8 Å². The molecule has 1 atom stereocenters. The van der Waals surface area contributed by atoms with Gasteiger partial charge in [-0.25, -0.2) is 4.98 Å². The molecule has 0 radical (unpaired) electrons. The van der Waals surface area contributed by atoms with E-state index in [0.29, 0.717) is 5.56 Å². The molecule has 0 bridgehead atoms. The SMILES string of the molecule is Cc1ncsc1CN1CCC[C@@H]1c1[nH]ncc1C(=O)N(C)C. The fraction of sp³-hybridized carbons (Fsp3) is 0.533. The van der Waals surface area contributed by atoms with Crippen LogP contribution in [0, 0.1) is 6.92 Å². The third-order valence-electron chi connectivity index (χ3n) is 4.19. The zero-order valence-electron chi connectivity index (χ0n) is 13.2. The zero-order chi connectivity index (χ0) is 15.7. The molecule has 0 unspecified atom stereocenters. The summed E-state index contributed by atoms with van der Waals surface area (Å²) in [7, 11) is 3.54. The number of amides is 1. The largest absolute Gasteiger partial charge is 0.345 e. The van der Waals surface area contributed by atoms with Gasteiger partial charge in [-0.1, -0.05) is 0 Å². The molecule has 1 saturated heterocycles. The van der Waals surface area contributed by atoms with Crippen LogP contribution in [0.25, 0.3) is 0 Å². The summed E-state index contributed by atoms with van der Waals surface area (Å²) in [4.78, 5) is 21.9. The number of H-pyrrole nitrogens is 1. The summed E-state index contributed by atoms with van der Waals surface area (Å²) >= 11 is 1.70. The molecule has 1 N–H and O–H groups in total. The first-order valence-electron chi connectivity index (χ1n) is 7.46. The number of rotatable bonds is 4. The lowest BCUT2D eigenvalue weighted by molar-refractivity contribution is 0.0824. The second-order valence-corrected chi connectivity index (χ2v) is 6.83. The summed E-state index contributed by atoms with van der Waals surface area (Å²) in [6.45, 7) is 3.97. The Morgan fingerprint density at radius 2 is 2.36 bits per heavy atom. The Hall–Kier alpha value is -1.73. The van der Waals surface area contributed by atoms with Crippen LogP contribution in [0.5, 0.6) is 0 Å².